The molecular formula is C12H8FNO5S. The van der Waals surface area contributed by atoms with Crippen molar-refractivity contribution in [3.8, 4) is 5.75 Å². The molecule has 0 amide bonds. The molecule has 0 unspecified atom stereocenters. The molecule has 2 aromatic carbocycles. The zero-order valence-electron chi connectivity index (χ0n) is 9.89. The summed E-state index contributed by atoms with van der Waals surface area (Å²) in [4.78, 5) is 9.54. The second kappa shape index (κ2) is 5.25. The average Bonchev–Trinajstić information content (AvgIpc) is 2.41. The second-order valence-corrected chi connectivity index (χ2v) is 5.29. The van der Waals surface area contributed by atoms with Crippen LogP contribution in [0.5, 0.6) is 5.75 Å². The Morgan fingerprint density at radius 1 is 1.10 bits per heavy atom. The van der Waals surface area contributed by atoms with Crippen LogP contribution in [0.1, 0.15) is 0 Å². The molecule has 0 aliphatic heterocycles. The molecule has 6 nitrogen and oxygen atoms in total. The van der Waals surface area contributed by atoms with Crippen molar-refractivity contribution in [2.75, 3.05) is 0 Å². The van der Waals surface area contributed by atoms with Gasteiger partial charge in [0.15, 0.2) is 0 Å². The first-order valence-corrected chi connectivity index (χ1v) is 6.74. The Morgan fingerprint density at radius 2 is 1.75 bits per heavy atom. The Labute approximate surface area is 113 Å². The monoisotopic (exact) mass is 297 g/mol. The van der Waals surface area contributed by atoms with E-state index in [4.69, 9.17) is 4.18 Å². The predicted octanol–water partition coefficient (Wildman–Crippen LogP) is 2.50. The minimum atomic E-state index is -4.21. The quantitative estimate of drug-likeness (QED) is 0.491. The van der Waals surface area contributed by atoms with Gasteiger partial charge in [0.2, 0.25) is 0 Å². The Balaban J connectivity index is 2.33. The van der Waals surface area contributed by atoms with Crippen molar-refractivity contribution >= 4 is 15.8 Å². The summed E-state index contributed by atoms with van der Waals surface area (Å²) >= 11 is 0. The van der Waals surface area contributed by atoms with Crippen molar-refractivity contribution in [1.29, 1.82) is 0 Å². The van der Waals surface area contributed by atoms with Crippen LogP contribution in [0, 0.1) is 15.9 Å². The van der Waals surface area contributed by atoms with E-state index >= 15 is 0 Å². The summed E-state index contributed by atoms with van der Waals surface area (Å²) in [5.74, 6) is -0.622. The zero-order valence-corrected chi connectivity index (χ0v) is 10.7. The van der Waals surface area contributed by atoms with Crippen molar-refractivity contribution in [3.63, 3.8) is 0 Å². The fourth-order valence-corrected chi connectivity index (χ4v) is 2.39. The van der Waals surface area contributed by atoms with E-state index in [-0.39, 0.29) is 16.3 Å². The van der Waals surface area contributed by atoms with E-state index in [9.17, 15) is 22.9 Å². The lowest BCUT2D eigenvalue weighted by Crippen LogP contribution is -2.10. The van der Waals surface area contributed by atoms with Gasteiger partial charge in [-0.3, -0.25) is 10.1 Å². The minimum absolute atomic E-state index is 0.0853. The maximum Gasteiger partial charge on any atom is 0.339 e. The molecule has 104 valence electrons. The summed E-state index contributed by atoms with van der Waals surface area (Å²) in [5, 5.41) is 10.6. The van der Waals surface area contributed by atoms with Crippen molar-refractivity contribution in [2.45, 2.75) is 4.90 Å². The number of benzene rings is 2. The van der Waals surface area contributed by atoms with Crippen LogP contribution in [-0.4, -0.2) is 13.3 Å². The molecule has 2 aromatic rings. The molecule has 0 bridgehead atoms. The third kappa shape index (κ3) is 3.09. The number of halogens is 1. The Kier molecular flexibility index (Phi) is 3.66. The Hall–Kier alpha value is -2.48. The lowest BCUT2D eigenvalue weighted by molar-refractivity contribution is -0.385. The van der Waals surface area contributed by atoms with E-state index in [0.717, 1.165) is 36.4 Å². The van der Waals surface area contributed by atoms with Crippen molar-refractivity contribution < 1.29 is 21.9 Å². The van der Waals surface area contributed by atoms with Crippen LogP contribution in [0.2, 0.25) is 0 Å². The number of hydrogen-bond acceptors (Lipinski definition) is 5. The topological polar surface area (TPSA) is 86.5 Å². The van der Waals surface area contributed by atoms with Crippen molar-refractivity contribution in [1.82, 2.24) is 0 Å². The molecule has 0 N–H and O–H groups in total. The van der Waals surface area contributed by atoms with E-state index in [0.29, 0.717) is 0 Å². The molecule has 0 atom stereocenters. The second-order valence-electron chi connectivity index (χ2n) is 3.75. The number of rotatable bonds is 4. The van der Waals surface area contributed by atoms with Gasteiger partial charge in [0.05, 0.1) is 4.92 Å². The molecule has 0 spiro atoms. The third-order valence-corrected chi connectivity index (χ3v) is 3.58. The largest absolute Gasteiger partial charge is 0.379 e. The highest BCUT2D eigenvalue weighted by atomic mass is 32.2. The molecule has 0 fully saturated rings. The highest BCUT2D eigenvalue weighted by Crippen LogP contribution is 2.22. The van der Waals surface area contributed by atoms with Gasteiger partial charge in [0.25, 0.3) is 5.69 Å². The number of hydrogen-bond donors (Lipinski definition) is 0. The lowest BCUT2D eigenvalue weighted by Gasteiger charge is -2.06. The van der Waals surface area contributed by atoms with Crippen LogP contribution in [0.4, 0.5) is 10.1 Å². The van der Waals surface area contributed by atoms with Gasteiger partial charge in [0, 0.05) is 12.1 Å². The smallest absolute Gasteiger partial charge is 0.339 e. The van der Waals surface area contributed by atoms with Gasteiger partial charge in [-0.25, -0.2) is 4.39 Å². The molecular weight excluding hydrogens is 289 g/mol. The highest BCUT2D eigenvalue weighted by Gasteiger charge is 2.19. The van der Waals surface area contributed by atoms with E-state index in [1.54, 1.807) is 0 Å². The standard InChI is InChI=1S/C12H8FNO5S/c13-9-4-6-11(7-5-9)19-20(17,18)12-3-1-2-10(8-12)14(15)16/h1-8H. The molecule has 0 aliphatic carbocycles. The van der Waals surface area contributed by atoms with Crippen molar-refractivity contribution in [3.05, 3.63) is 64.5 Å². The molecule has 0 saturated heterocycles. The highest BCUT2D eigenvalue weighted by molar-refractivity contribution is 7.87. The van der Waals surface area contributed by atoms with Gasteiger partial charge < -0.3 is 4.18 Å². The van der Waals surface area contributed by atoms with E-state index in [2.05, 4.69) is 0 Å². The first-order chi connectivity index (χ1) is 9.38. The average molecular weight is 297 g/mol. The molecule has 0 radical (unpaired) electrons. The third-order valence-electron chi connectivity index (χ3n) is 2.34. The molecule has 0 saturated carbocycles. The van der Waals surface area contributed by atoms with Gasteiger partial charge in [-0.15, -0.1) is 0 Å². The van der Waals surface area contributed by atoms with Crippen LogP contribution < -0.4 is 4.18 Å². The Morgan fingerprint density at radius 3 is 2.35 bits per heavy atom. The van der Waals surface area contributed by atoms with E-state index < -0.39 is 20.9 Å². The van der Waals surface area contributed by atoms with Crippen LogP contribution in [0.25, 0.3) is 0 Å². The van der Waals surface area contributed by atoms with Gasteiger partial charge >= 0.3 is 10.1 Å². The van der Waals surface area contributed by atoms with Gasteiger partial charge in [-0.1, -0.05) is 6.07 Å². The first kappa shape index (κ1) is 13.9. The predicted molar refractivity (Wildman–Crippen MR) is 67.3 cm³/mol. The summed E-state index contributed by atoms with van der Waals surface area (Å²) in [5.41, 5.74) is -0.367. The zero-order chi connectivity index (χ0) is 14.8. The summed E-state index contributed by atoms with van der Waals surface area (Å²) in [6.07, 6.45) is 0. The SMILES string of the molecule is O=[N+]([O-])c1cccc(S(=O)(=O)Oc2ccc(F)cc2)c1. The fourth-order valence-electron chi connectivity index (χ4n) is 1.42. The van der Waals surface area contributed by atoms with Crippen LogP contribution in [-0.2, 0) is 10.1 Å². The first-order valence-electron chi connectivity index (χ1n) is 5.33. The van der Waals surface area contributed by atoms with E-state index in [1.165, 1.54) is 12.1 Å². The number of nitro groups is 1. The van der Waals surface area contributed by atoms with Gasteiger partial charge in [-0.2, -0.15) is 8.42 Å². The van der Waals surface area contributed by atoms with Crippen LogP contribution in [0.15, 0.2) is 53.4 Å². The summed E-state index contributed by atoms with van der Waals surface area (Å²) in [7, 11) is -4.21. The lowest BCUT2D eigenvalue weighted by atomic mass is 10.3. The maximum absolute atomic E-state index is 12.7. The normalized spacial score (nSPS) is 11.1. The molecule has 8 heteroatoms. The van der Waals surface area contributed by atoms with Crippen molar-refractivity contribution in [2.24, 2.45) is 0 Å². The van der Waals surface area contributed by atoms with Crippen LogP contribution >= 0.6 is 0 Å². The van der Waals surface area contributed by atoms with Crippen LogP contribution in [0.3, 0.4) is 0 Å². The van der Waals surface area contributed by atoms with E-state index in [1.807, 2.05) is 0 Å². The Bertz CT molecular complexity index is 743. The summed E-state index contributed by atoms with van der Waals surface area (Å²) < 4.78 is 41.3. The van der Waals surface area contributed by atoms with Gasteiger partial charge in [0.1, 0.15) is 16.5 Å². The fraction of sp³-hybridized carbons (Fsp3) is 0. The number of nitro benzene ring substituents is 1. The molecule has 20 heavy (non-hydrogen) atoms. The van der Waals surface area contributed by atoms with Gasteiger partial charge in [-0.05, 0) is 30.3 Å². The molecule has 2 rings (SSSR count). The molecule has 0 heterocycles. The summed E-state index contributed by atoms with van der Waals surface area (Å²) in [6.45, 7) is 0. The molecule has 0 aromatic heterocycles. The number of nitrogens with zero attached hydrogens (tertiary/aromatic N) is 1. The minimum Gasteiger partial charge on any atom is -0.379 e. The number of non-ortho nitro benzene ring substituents is 1. The maximum atomic E-state index is 12.7. The summed E-state index contributed by atoms with van der Waals surface area (Å²) in [6, 6.07) is 8.83. The molecule has 0 aliphatic rings.